The number of benzene rings is 1. The number of aromatic hydroxyl groups is 1. The standard InChI is InChI=1S/C8H7BrO4/c1-13-7-3-5(9)6(10)2-4(7)8(11)12/h2-3,10H,1H3,(H,11,12). The highest BCUT2D eigenvalue weighted by Crippen LogP contribution is 2.31. The molecule has 0 amide bonds. The van der Waals surface area contributed by atoms with Crippen molar-refractivity contribution in [2.24, 2.45) is 0 Å². The molecule has 0 bridgehead atoms. The number of methoxy groups -OCH3 is 1. The molecule has 0 aliphatic heterocycles. The summed E-state index contributed by atoms with van der Waals surface area (Å²) in [6, 6.07) is 2.53. The minimum absolute atomic E-state index is 0.0665. The van der Waals surface area contributed by atoms with Crippen LogP contribution in [0.4, 0.5) is 0 Å². The average Bonchev–Trinajstić information content (AvgIpc) is 2.08. The highest BCUT2D eigenvalue weighted by molar-refractivity contribution is 9.10. The first kappa shape index (κ1) is 9.85. The number of hydrogen-bond acceptors (Lipinski definition) is 3. The van der Waals surface area contributed by atoms with E-state index in [1.807, 2.05) is 0 Å². The number of ether oxygens (including phenoxy) is 1. The summed E-state index contributed by atoms with van der Waals surface area (Å²) in [4.78, 5) is 10.6. The Bertz CT molecular complexity index is 348. The summed E-state index contributed by atoms with van der Waals surface area (Å²) in [5.41, 5.74) is -0.0665. The van der Waals surface area contributed by atoms with E-state index in [2.05, 4.69) is 15.9 Å². The van der Waals surface area contributed by atoms with Crippen molar-refractivity contribution in [3.63, 3.8) is 0 Å². The second-order valence-corrected chi connectivity index (χ2v) is 3.16. The van der Waals surface area contributed by atoms with Crippen LogP contribution in [0.2, 0.25) is 0 Å². The van der Waals surface area contributed by atoms with Crippen molar-refractivity contribution in [1.29, 1.82) is 0 Å². The molecule has 0 saturated heterocycles. The Balaban J connectivity index is 3.33. The fraction of sp³-hybridized carbons (Fsp3) is 0.125. The third-order valence-electron chi connectivity index (χ3n) is 1.50. The number of aromatic carboxylic acids is 1. The van der Waals surface area contributed by atoms with Gasteiger partial charge >= 0.3 is 5.97 Å². The van der Waals surface area contributed by atoms with E-state index in [0.29, 0.717) is 4.47 Å². The second kappa shape index (κ2) is 3.66. The van der Waals surface area contributed by atoms with Crippen LogP contribution in [-0.4, -0.2) is 23.3 Å². The molecule has 0 aliphatic carbocycles. The van der Waals surface area contributed by atoms with Crippen LogP contribution >= 0.6 is 15.9 Å². The highest BCUT2D eigenvalue weighted by atomic mass is 79.9. The zero-order valence-electron chi connectivity index (χ0n) is 6.74. The molecule has 1 rings (SSSR count). The van der Waals surface area contributed by atoms with Crippen LogP contribution in [0, 0.1) is 0 Å². The summed E-state index contributed by atoms with van der Waals surface area (Å²) in [6.45, 7) is 0. The van der Waals surface area contributed by atoms with Gasteiger partial charge in [-0.3, -0.25) is 0 Å². The number of hydrogen-bond donors (Lipinski definition) is 2. The van der Waals surface area contributed by atoms with Crippen molar-refractivity contribution >= 4 is 21.9 Å². The number of halogens is 1. The van der Waals surface area contributed by atoms with Gasteiger partial charge in [0, 0.05) is 0 Å². The van der Waals surface area contributed by atoms with Crippen molar-refractivity contribution in [1.82, 2.24) is 0 Å². The molecule has 0 heterocycles. The number of phenols is 1. The van der Waals surface area contributed by atoms with E-state index in [1.54, 1.807) is 0 Å². The Labute approximate surface area is 82.9 Å². The van der Waals surface area contributed by atoms with Gasteiger partial charge < -0.3 is 14.9 Å². The molecule has 0 radical (unpaired) electrons. The van der Waals surface area contributed by atoms with Gasteiger partial charge in [-0.2, -0.15) is 0 Å². The fourth-order valence-electron chi connectivity index (χ4n) is 0.880. The normalized spacial score (nSPS) is 9.69. The zero-order valence-corrected chi connectivity index (χ0v) is 8.33. The van der Waals surface area contributed by atoms with E-state index in [4.69, 9.17) is 9.84 Å². The predicted octanol–water partition coefficient (Wildman–Crippen LogP) is 1.86. The maximum absolute atomic E-state index is 10.6. The lowest BCUT2D eigenvalue weighted by atomic mass is 10.2. The van der Waals surface area contributed by atoms with Crippen LogP contribution in [0.15, 0.2) is 16.6 Å². The predicted molar refractivity (Wildman–Crippen MR) is 49.3 cm³/mol. The molecular formula is C8H7BrO4. The van der Waals surface area contributed by atoms with Gasteiger partial charge in [0.05, 0.1) is 11.6 Å². The molecule has 1 aromatic rings. The summed E-state index contributed by atoms with van der Waals surface area (Å²) in [5, 5.41) is 17.9. The van der Waals surface area contributed by atoms with E-state index in [-0.39, 0.29) is 17.1 Å². The Morgan fingerprint density at radius 3 is 2.62 bits per heavy atom. The first-order valence-electron chi connectivity index (χ1n) is 3.36. The summed E-state index contributed by atoms with van der Waals surface area (Å²) in [6.07, 6.45) is 0. The van der Waals surface area contributed by atoms with Gasteiger partial charge in [-0.05, 0) is 28.1 Å². The van der Waals surface area contributed by atoms with E-state index in [1.165, 1.54) is 13.2 Å². The first-order valence-corrected chi connectivity index (χ1v) is 4.15. The third kappa shape index (κ3) is 1.92. The maximum atomic E-state index is 10.6. The van der Waals surface area contributed by atoms with Crippen LogP contribution in [0.25, 0.3) is 0 Å². The average molecular weight is 247 g/mol. The van der Waals surface area contributed by atoms with E-state index in [0.717, 1.165) is 6.07 Å². The Morgan fingerprint density at radius 2 is 2.15 bits per heavy atom. The molecule has 0 unspecified atom stereocenters. The molecule has 1 aromatic carbocycles. The van der Waals surface area contributed by atoms with Gasteiger partial charge in [0.25, 0.3) is 0 Å². The molecule has 0 aliphatic rings. The largest absolute Gasteiger partial charge is 0.507 e. The van der Waals surface area contributed by atoms with Crippen LogP contribution in [0.1, 0.15) is 10.4 Å². The molecule has 5 heteroatoms. The lowest BCUT2D eigenvalue weighted by Gasteiger charge is -2.06. The van der Waals surface area contributed by atoms with Crippen molar-refractivity contribution in [3.05, 3.63) is 22.2 Å². The van der Waals surface area contributed by atoms with Crippen molar-refractivity contribution in [2.45, 2.75) is 0 Å². The smallest absolute Gasteiger partial charge is 0.339 e. The van der Waals surface area contributed by atoms with Gasteiger partial charge in [-0.15, -0.1) is 0 Å². The van der Waals surface area contributed by atoms with Crippen LogP contribution in [0.3, 0.4) is 0 Å². The molecule has 0 atom stereocenters. The molecule has 0 spiro atoms. The fourth-order valence-corrected chi connectivity index (χ4v) is 1.20. The monoisotopic (exact) mass is 246 g/mol. The SMILES string of the molecule is COc1cc(Br)c(O)cc1C(=O)O. The van der Waals surface area contributed by atoms with Crippen molar-refractivity contribution < 1.29 is 19.7 Å². The van der Waals surface area contributed by atoms with Crippen LogP contribution < -0.4 is 4.74 Å². The zero-order chi connectivity index (χ0) is 10.0. The molecule has 70 valence electrons. The van der Waals surface area contributed by atoms with E-state index >= 15 is 0 Å². The topological polar surface area (TPSA) is 66.8 Å². The van der Waals surface area contributed by atoms with Gasteiger partial charge in [-0.1, -0.05) is 0 Å². The maximum Gasteiger partial charge on any atom is 0.339 e. The Morgan fingerprint density at radius 1 is 1.54 bits per heavy atom. The summed E-state index contributed by atoms with van der Waals surface area (Å²) in [7, 11) is 1.37. The van der Waals surface area contributed by atoms with Gasteiger partial charge in [0.1, 0.15) is 17.1 Å². The molecule has 13 heavy (non-hydrogen) atoms. The summed E-state index contributed by atoms with van der Waals surface area (Å²) in [5.74, 6) is -1.06. The molecule has 0 saturated carbocycles. The van der Waals surface area contributed by atoms with E-state index < -0.39 is 5.97 Å². The Hall–Kier alpha value is -1.23. The minimum atomic E-state index is -1.14. The number of carboxylic acid groups (broad SMARTS) is 1. The third-order valence-corrected chi connectivity index (χ3v) is 2.13. The molecule has 0 fully saturated rings. The summed E-state index contributed by atoms with van der Waals surface area (Å²) < 4.78 is 5.22. The lowest BCUT2D eigenvalue weighted by Crippen LogP contribution is -2.00. The van der Waals surface area contributed by atoms with Crippen molar-refractivity contribution in [3.8, 4) is 11.5 Å². The molecule has 4 nitrogen and oxygen atoms in total. The minimum Gasteiger partial charge on any atom is -0.507 e. The highest BCUT2D eigenvalue weighted by Gasteiger charge is 2.13. The Kier molecular flexibility index (Phi) is 2.77. The summed E-state index contributed by atoms with van der Waals surface area (Å²) >= 11 is 3.05. The molecular weight excluding hydrogens is 240 g/mol. The van der Waals surface area contributed by atoms with Gasteiger partial charge in [0.15, 0.2) is 0 Å². The quantitative estimate of drug-likeness (QED) is 0.836. The first-order chi connectivity index (χ1) is 6.06. The number of phenolic OH excluding ortho intramolecular Hbond substituents is 1. The van der Waals surface area contributed by atoms with Crippen molar-refractivity contribution in [2.75, 3.05) is 7.11 Å². The molecule has 0 aromatic heterocycles. The lowest BCUT2D eigenvalue weighted by molar-refractivity contribution is 0.0693. The number of carbonyl (C=O) groups is 1. The van der Waals surface area contributed by atoms with E-state index in [9.17, 15) is 9.90 Å². The van der Waals surface area contributed by atoms with Crippen LogP contribution in [0.5, 0.6) is 11.5 Å². The van der Waals surface area contributed by atoms with Gasteiger partial charge in [0.2, 0.25) is 0 Å². The second-order valence-electron chi connectivity index (χ2n) is 2.31. The molecule has 2 N–H and O–H groups in total. The van der Waals surface area contributed by atoms with Gasteiger partial charge in [-0.25, -0.2) is 4.79 Å². The van der Waals surface area contributed by atoms with Crippen LogP contribution in [-0.2, 0) is 0 Å². The number of carboxylic acids is 1. The number of rotatable bonds is 2.